The zero-order valence-electron chi connectivity index (χ0n) is 10.4. The summed E-state index contributed by atoms with van der Waals surface area (Å²) in [4.78, 5) is 7.50. The molecule has 0 amide bonds. The minimum Gasteiger partial charge on any atom is -0.341 e. The topological polar surface area (TPSA) is 28.7 Å². The van der Waals surface area contributed by atoms with E-state index >= 15 is 0 Å². The van der Waals surface area contributed by atoms with E-state index < -0.39 is 11.6 Å². The Hall–Kier alpha value is -1.45. The van der Waals surface area contributed by atoms with Crippen molar-refractivity contribution < 1.29 is 8.78 Å². The van der Waals surface area contributed by atoms with Gasteiger partial charge in [0, 0.05) is 11.5 Å². The maximum atomic E-state index is 13.7. The summed E-state index contributed by atoms with van der Waals surface area (Å²) in [6.45, 7) is 2.13. The Morgan fingerprint density at radius 1 is 1.28 bits per heavy atom. The summed E-state index contributed by atoms with van der Waals surface area (Å²) in [5.74, 6) is -0.328. The molecule has 2 nitrogen and oxygen atoms in total. The van der Waals surface area contributed by atoms with Gasteiger partial charge in [-0.2, -0.15) is 0 Å². The third-order valence-electron chi connectivity index (χ3n) is 4.24. The van der Waals surface area contributed by atoms with E-state index in [-0.39, 0.29) is 10.9 Å². The average Bonchev–Trinajstić information content (AvgIpc) is 2.94. The number of hydrogen-bond donors (Lipinski definition) is 1. The van der Waals surface area contributed by atoms with Crippen LogP contribution in [-0.4, -0.2) is 9.97 Å². The summed E-state index contributed by atoms with van der Waals surface area (Å²) in [6, 6.07) is 2.20. The molecule has 4 heteroatoms. The Morgan fingerprint density at radius 3 is 2.67 bits per heavy atom. The van der Waals surface area contributed by atoms with Crippen LogP contribution in [0.5, 0.6) is 0 Å². The fraction of sp³-hybridized carbons (Fsp3) is 0.500. The van der Waals surface area contributed by atoms with E-state index in [1.165, 1.54) is 18.9 Å². The minimum absolute atomic E-state index is 0.0297. The summed E-state index contributed by atoms with van der Waals surface area (Å²) in [6.07, 6.45) is 5.50. The van der Waals surface area contributed by atoms with E-state index in [9.17, 15) is 8.78 Å². The number of benzene rings is 1. The number of nitrogens with one attached hydrogen (secondary N) is 1. The van der Waals surface area contributed by atoms with Gasteiger partial charge in [-0.15, -0.1) is 0 Å². The van der Waals surface area contributed by atoms with Crippen LogP contribution in [0, 0.1) is 11.6 Å². The Bertz CT molecular complexity index is 583. The Kier molecular flexibility index (Phi) is 2.61. The summed E-state index contributed by atoms with van der Waals surface area (Å²) in [5.41, 5.74) is 0.746. The lowest BCUT2D eigenvalue weighted by Gasteiger charge is -2.24. The standard InChI is InChI=1S/C14H16F2N2/c1-2-14(5-3-4-6-14)13-17-11-8-9(15)7-10(16)12(11)18-13/h7-8H,2-6H2,1H3,(H,17,18). The van der Waals surface area contributed by atoms with Gasteiger partial charge in [0.1, 0.15) is 17.2 Å². The summed E-state index contributed by atoms with van der Waals surface area (Å²) < 4.78 is 26.8. The van der Waals surface area contributed by atoms with Crippen molar-refractivity contribution >= 4 is 11.0 Å². The van der Waals surface area contributed by atoms with E-state index in [1.54, 1.807) is 0 Å². The Balaban J connectivity index is 2.16. The molecule has 1 aliphatic carbocycles. The monoisotopic (exact) mass is 250 g/mol. The molecule has 2 aromatic rings. The molecule has 1 heterocycles. The first-order valence-corrected chi connectivity index (χ1v) is 6.50. The molecule has 0 spiro atoms. The highest BCUT2D eigenvalue weighted by molar-refractivity contribution is 5.76. The molecule has 0 radical (unpaired) electrons. The third kappa shape index (κ3) is 1.62. The van der Waals surface area contributed by atoms with Crippen LogP contribution in [0.2, 0.25) is 0 Å². The molecule has 0 atom stereocenters. The van der Waals surface area contributed by atoms with Crippen molar-refractivity contribution in [2.75, 3.05) is 0 Å². The van der Waals surface area contributed by atoms with Crippen LogP contribution in [0.4, 0.5) is 8.78 Å². The number of H-pyrrole nitrogens is 1. The lowest BCUT2D eigenvalue weighted by Crippen LogP contribution is -2.22. The largest absolute Gasteiger partial charge is 0.341 e. The molecule has 0 saturated heterocycles. The molecule has 18 heavy (non-hydrogen) atoms. The first-order chi connectivity index (χ1) is 8.64. The lowest BCUT2D eigenvalue weighted by molar-refractivity contribution is 0.403. The number of aromatic nitrogens is 2. The van der Waals surface area contributed by atoms with Crippen molar-refractivity contribution in [2.45, 2.75) is 44.4 Å². The maximum Gasteiger partial charge on any atom is 0.153 e. The predicted octanol–water partition coefficient (Wildman–Crippen LogP) is 4.06. The fourth-order valence-electron chi connectivity index (χ4n) is 3.10. The van der Waals surface area contributed by atoms with E-state index in [2.05, 4.69) is 16.9 Å². The molecule has 1 saturated carbocycles. The molecule has 1 aromatic carbocycles. The van der Waals surface area contributed by atoms with Crippen LogP contribution in [0.15, 0.2) is 12.1 Å². The molecule has 0 aliphatic heterocycles. The normalized spacial score (nSPS) is 18.6. The van der Waals surface area contributed by atoms with Crippen molar-refractivity contribution in [2.24, 2.45) is 0 Å². The lowest BCUT2D eigenvalue weighted by atomic mass is 9.83. The van der Waals surface area contributed by atoms with E-state index in [4.69, 9.17) is 0 Å². The molecule has 3 rings (SSSR count). The van der Waals surface area contributed by atoms with Gasteiger partial charge in [0.15, 0.2) is 5.82 Å². The number of halogens is 2. The second kappa shape index (κ2) is 4.04. The molecule has 96 valence electrons. The van der Waals surface area contributed by atoms with Gasteiger partial charge < -0.3 is 4.98 Å². The molecule has 0 bridgehead atoms. The van der Waals surface area contributed by atoms with Gasteiger partial charge in [0.25, 0.3) is 0 Å². The predicted molar refractivity (Wildman–Crippen MR) is 66.4 cm³/mol. The van der Waals surface area contributed by atoms with Crippen molar-refractivity contribution in [3.63, 3.8) is 0 Å². The highest BCUT2D eigenvalue weighted by Gasteiger charge is 2.36. The van der Waals surface area contributed by atoms with Gasteiger partial charge in [0.05, 0.1) is 5.52 Å². The van der Waals surface area contributed by atoms with Crippen molar-refractivity contribution in [3.05, 3.63) is 29.6 Å². The van der Waals surface area contributed by atoms with Crippen LogP contribution in [0.1, 0.15) is 44.9 Å². The van der Waals surface area contributed by atoms with Gasteiger partial charge in [-0.3, -0.25) is 0 Å². The van der Waals surface area contributed by atoms with E-state index in [1.807, 2.05) is 0 Å². The van der Waals surface area contributed by atoms with Gasteiger partial charge >= 0.3 is 0 Å². The van der Waals surface area contributed by atoms with E-state index in [0.29, 0.717) is 5.52 Å². The number of fused-ring (bicyclic) bond motifs is 1. The van der Waals surface area contributed by atoms with Crippen molar-refractivity contribution in [1.82, 2.24) is 9.97 Å². The number of nitrogens with zero attached hydrogens (tertiary/aromatic N) is 1. The Morgan fingerprint density at radius 2 is 2.00 bits per heavy atom. The van der Waals surface area contributed by atoms with Crippen LogP contribution >= 0.6 is 0 Å². The SMILES string of the molecule is CCC1(c2nc3c(F)cc(F)cc3[nH]2)CCCC1. The van der Waals surface area contributed by atoms with Crippen molar-refractivity contribution in [1.29, 1.82) is 0 Å². The van der Waals surface area contributed by atoms with Crippen LogP contribution in [0.25, 0.3) is 11.0 Å². The zero-order chi connectivity index (χ0) is 12.8. The average molecular weight is 250 g/mol. The quantitative estimate of drug-likeness (QED) is 0.855. The number of aromatic amines is 1. The second-order valence-corrected chi connectivity index (χ2v) is 5.21. The minimum atomic E-state index is -0.586. The molecule has 1 N–H and O–H groups in total. The summed E-state index contributed by atoms with van der Waals surface area (Å²) in [5, 5.41) is 0. The van der Waals surface area contributed by atoms with Crippen molar-refractivity contribution in [3.8, 4) is 0 Å². The molecule has 0 unspecified atom stereocenters. The number of rotatable bonds is 2. The zero-order valence-corrected chi connectivity index (χ0v) is 10.4. The van der Waals surface area contributed by atoms with Crippen LogP contribution in [-0.2, 0) is 5.41 Å². The number of hydrogen-bond acceptors (Lipinski definition) is 1. The summed E-state index contributed by atoms with van der Waals surface area (Å²) in [7, 11) is 0. The van der Waals surface area contributed by atoms with Gasteiger partial charge in [0.2, 0.25) is 0 Å². The fourth-order valence-corrected chi connectivity index (χ4v) is 3.10. The maximum absolute atomic E-state index is 13.7. The summed E-state index contributed by atoms with van der Waals surface area (Å²) >= 11 is 0. The van der Waals surface area contributed by atoms with Gasteiger partial charge in [-0.25, -0.2) is 13.8 Å². The third-order valence-corrected chi connectivity index (χ3v) is 4.24. The van der Waals surface area contributed by atoms with Gasteiger partial charge in [-0.1, -0.05) is 19.8 Å². The smallest absolute Gasteiger partial charge is 0.153 e. The van der Waals surface area contributed by atoms with Crippen LogP contribution in [0.3, 0.4) is 0 Å². The number of imidazole rings is 1. The molecular formula is C14H16F2N2. The molecule has 1 aliphatic rings. The first-order valence-electron chi connectivity index (χ1n) is 6.50. The Labute approximate surface area is 104 Å². The second-order valence-electron chi connectivity index (χ2n) is 5.21. The van der Waals surface area contributed by atoms with E-state index in [0.717, 1.165) is 31.2 Å². The highest BCUT2D eigenvalue weighted by atomic mass is 19.1. The molecular weight excluding hydrogens is 234 g/mol. The van der Waals surface area contributed by atoms with Gasteiger partial charge in [-0.05, 0) is 25.3 Å². The first kappa shape index (κ1) is 11.6. The highest BCUT2D eigenvalue weighted by Crippen LogP contribution is 2.42. The van der Waals surface area contributed by atoms with Crippen LogP contribution < -0.4 is 0 Å². The molecule has 1 fully saturated rings. The molecule has 1 aromatic heterocycles.